The molecule has 0 saturated heterocycles. The standard InChI is InChI=1S/C20H15NO4S/c1-11-3-5-15-14(8-18(22)25-19(15)12(11)2)9-24-20(23)13-4-6-16-17(7-13)26-10-21-16/h3-8,10H,9H2,1-2H3. The minimum absolute atomic E-state index is 0.00413. The average Bonchev–Trinajstić information content (AvgIpc) is 3.10. The molecule has 2 aromatic heterocycles. The maximum atomic E-state index is 12.4. The van der Waals surface area contributed by atoms with Crippen molar-refractivity contribution in [2.75, 3.05) is 0 Å². The van der Waals surface area contributed by atoms with Gasteiger partial charge in [-0.05, 0) is 43.2 Å². The van der Waals surface area contributed by atoms with Gasteiger partial charge in [-0.2, -0.15) is 0 Å². The van der Waals surface area contributed by atoms with Crippen LogP contribution in [-0.4, -0.2) is 11.0 Å². The molecule has 0 saturated carbocycles. The Morgan fingerprint density at radius 3 is 2.88 bits per heavy atom. The van der Waals surface area contributed by atoms with E-state index in [-0.39, 0.29) is 6.61 Å². The van der Waals surface area contributed by atoms with Crippen LogP contribution in [0.5, 0.6) is 0 Å². The first kappa shape index (κ1) is 16.5. The summed E-state index contributed by atoms with van der Waals surface area (Å²) in [6.45, 7) is 3.86. The number of esters is 1. The number of rotatable bonds is 3. The van der Waals surface area contributed by atoms with Crippen molar-refractivity contribution in [3.8, 4) is 0 Å². The van der Waals surface area contributed by atoms with E-state index in [4.69, 9.17) is 9.15 Å². The molecular weight excluding hydrogens is 350 g/mol. The molecular formula is C20H15NO4S. The lowest BCUT2D eigenvalue weighted by Crippen LogP contribution is -2.08. The van der Waals surface area contributed by atoms with Crippen LogP contribution in [0.25, 0.3) is 21.2 Å². The molecule has 2 aromatic carbocycles. The molecule has 0 atom stereocenters. The third-order valence-corrected chi connectivity index (χ3v) is 5.23. The van der Waals surface area contributed by atoms with Crippen LogP contribution in [-0.2, 0) is 11.3 Å². The fraction of sp³-hybridized carbons (Fsp3) is 0.150. The first-order valence-electron chi connectivity index (χ1n) is 8.06. The van der Waals surface area contributed by atoms with Gasteiger partial charge in [-0.1, -0.05) is 12.1 Å². The summed E-state index contributed by atoms with van der Waals surface area (Å²) < 4.78 is 11.7. The molecule has 0 N–H and O–H groups in total. The van der Waals surface area contributed by atoms with Crippen LogP contribution in [0.2, 0.25) is 0 Å². The van der Waals surface area contributed by atoms with Gasteiger partial charge in [-0.3, -0.25) is 0 Å². The predicted octanol–water partition coefficient (Wildman–Crippen LogP) is 4.38. The molecule has 26 heavy (non-hydrogen) atoms. The van der Waals surface area contributed by atoms with Gasteiger partial charge in [0.15, 0.2) is 0 Å². The van der Waals surface area contributed by atoms with E-state index in [0.29, 0.717) is 16.7 Å². The molecule has 6 heteroatoms. The Labute approximate surface area is 152 Å². The molecule has 0 aliphatic carbocycles. The van der Waals surface area contributed by atoms with Crippen LogP contribution in [0.15, 0.2) is 51.1 Å². The monoisotopic (exact) mass is 365 g/mol. The van der Waals surface area contributed by atoms with E-state index in [1.54, 1.807) is 23.7 Å². The normalized spacial score (nSPS) is 11.2. The highest BCUT2D eigenvalue weighted by molar-refractivity contribution is 7.16. The van der Waals surface area contributed by atoms with E-state index in [0.717, 1.165) is 26.7 Å². The fourth-order valence-corrected chi connectivity index (χ4v) is 3.57. The van der Waals surface area contributed by atoms with E-state index in [2.05, 4.69) is 4.98 Å². The zero-order chi connectivity index (χ0) is 18.3. The number of nitrogens with zero attached hydrogens (tertiary/aromatic N) is 1. The predicted molar refractivity (Wildman–Crippen MR) is 101 cm³/mol. The molecule has 0 aliphatic rings. The van der Waals surface area contributed by atoms with Gasteiger partial charge < -0.3 is 9.15 Å². The summed E-state index contributed by atoms with van der Waals surface area (Å²) in [4.78, 5) is 28.5. The second kappa shape index (κ2) is 6.38. The number of carbonyl (C=O) groups excluding carboxylic acids is 1. The van der Waals surface area contributed by atoms with Gasteiger partial charge in [-0.15, -0.1) is 11.3 Å². The Hall–Kier alpha value is -2.99. The van der Waals surface area contributed by atoms with Crippen LogP contribution >= 0.6 is 11.3 Å². The summed E-state index contributed by atoms with van der Waals surface area (Å²) in [5.41, 5.74) is 5.70. The van der Waals surface area contributed by atoms with Crippen molar-refractivity contribution in [2.24, 2.45) is 0 Å². The van der Waals surface area contributed by atoms with Gasteiger partial charge in [0.25, 0.3) is 0 Å². The second-order valence-corrected chi connectivity index (χ2v) is 6.97. The molecule has 0 aliphatic heterocycles. The molecule has 0 spiro atoms. The van der Waals surface area contributed by atoms with E-state index >= 15 is 0 Å². The summed E-state index contributed by atoms with van der Waals surface area (Å²) in [6, 6.07) is 10.5. The van der Waals surface area contributed by atoms with Crippen molar-refractivity contribution >= 4 is 38.5 Å². The van der Waals surface area contributed by atoms with Gasteiger partial charge in [0.2, 0.25) is 0 Å². The van der Waals surface area contributed by atoms with Gasteiger partial charge in [0, 0.05) is 17.0 Å². The Morgan fingerprint density at radius 1 is 1.19 bits per heavy atom. The number of hydrogen-bond acceptors (Lipinski definition) is 6. The lowest BCUT2D eigenvalue weighted by atomic mass is 10.0. The molecule has 130 valence electrons. The molecule has 0 radical (unpaired) electrons. The number of fused-ring (bicyclic) bond motifs is 2. The van der Waals surface area contributed by atoms with Crippen LogP contribution in [0.1, 0.15) is 27.0 Å². The number of aromatic nitrogens is 1. The van der Waals surface area contributed by atoms with E-state index < -0.39 is 11.6 Å². The Balaban J connectivity index is 1.64. The number of ether oxygens (including phenoxy) is 1. The highest BCUT2D eigenvalue weighted by atomic mass is 32.1. The summed E-state index contributed by atoms with van der Waals surface area (Å²) in [7, 11) is 0. The summed E-state index contributed by atoms with van der Waals surface area (Å²) in [5, 5.41) is 0.776. The average molecular weight is 365 g/mol. The minimum Gasteiger partial charge on any atom is -0.457 e. The van der Waals surface area contributed by atoms with E-state index in [9.17, 15) is 9.59 Å². The van der Waals surface area contributed by atoms with Gasteiger partial charge >= 0.3 is 11.6 Å². The molecule has 0 bridgehead atoms. The second-order valence-electron chi connectivity index (χ2n) is 6.09. The van der Waals surface area contributed by atoms with Gasteiger partial charge in [-0.25, -0.2) is 14.6 Å². The van der Waals surface area contributed by atoms with Crippen LogP contribution < -0.4 is 5.63 Å². The smallest absolute Gasteiger partial charge is 0.338 e. The summed E-state index contributed by atoms with van der Waals surface area (Å²) in [5.74, 6) is -0.439. The van der Waals surface area contributed by atoms with Crippen molar-refractivity contribution in [2.45, 2.75) is 20.5 Å². The zero-order valence-electron chi connectivity index (χ0n) is 14.2. The Kier molecular flexibility index (Phi) is 4.05. The third-order valence-electron chi connectivity index (χ3n) is 4.44. The lowest BCUT2D eigenvalue weighted by Gasteiger charge is -2.10. The maximum Gasteiger partial charge on any atom is 0.338 e. The molecule has 4 rings (SSSR count). The van der Waals surface area contributed by atoms with Gasteiger partial charge in [0.05, 0.1) is 21.3 Å². The molecule has 5 nitrogen and oxygen atoms in total. The van der Waals surface area contributed by atoms with Crippen LogP contribution in [0.3, 0.4) is 0 Å². The Bertz CT molecular complexity index is 1210. The molecule has 4 aromatic rings. The fourth-order valence-electron chi connectivity index (χ4n) is 2.85. The zero-order valence-corrected chi connectivity index (χ0v) is 15.1. The van der Waals surface area contributed by atoms with Crippen LogP contribution in [0.4, 0.5) is 0 Å². The third kappa shape index (κ3) is 2.88. The first-order valence-corrected chi connectivity index (χ1v) is 8.94. The lowest BCUT2D eigenvalue weighted by molar-refractivity contribution is 0.0474. The maximum absolute atomic E-state index is 12.4. The number of hydrogen-bond donors (Lipinski definition) is 0. The van der Waals surface area contributed by atoms with E-state index in [1.807, 2.05) is 26.0 Å². The number of aryl methyl sites for hydroxylation is 2. The number of benzene rings is 2. The van der Waals surface area contributed by atoms with E-state index in [1.165, 1.54) is 17.4 Å². The number of thiazole rings is 1. The van der Waals surface area contributed by atoms with Crippen molar-refractivity contribution < 1.29 is 13.9 Å². The van der Waals surface area contributed by atoms with Crippen molar-refractivity contribution in [3.63, 3.8) is 0 Å². The van der Waals surface area contributed by atoms with Crippen molar-refractivity contribution in [1.82, 2.24) is 4.98 Å². The van der Waals surface area contributed by atoms with Crippen molar-refractivity contribution in [3.05, 3.63) is 74.6 Å². The highest BCUT2D eigenvalue weighted by Crippen LogP contribution is 2.24. The molecule has 0 amide bonds. The Morgan fingerprint density at radius 2 is 2.04 bits per heavy atom. The largest absolute Gasteiger partial charge is 0.457 e. The minimum atomic E-state index is -0.455. The first-order chi connectivity index (χ1) is 12.5. The topological polar surface area (TPSA) is 69.4 Å². The SMILES string of the molecule is Cc1ccc2c(COC(=O)c3ccc4ncsc4c3)cc(=O)oc2c1C. The van der Waals surface area contributed by atoms with Crippen LogP contribution in [0, 0.1) is 13.8 Å². The summed E-state index contributed by atoms with van der Waals surface area (Å²) >= 11 is 1.47. The highest BCUT2D eigenvalue weighted by Gasteiger charge is 2.13. The quantitative estimate of drug-likeness (QED) is 0.398. The molecule has 0 fully saturated rings. The van der Waals surface area contributed by atoms with Gasteiger partial charge in [0.1, 0.15) is 12.2 Å². The van der Waals surface area contributed by atoms with Crippen molar-refractivity contribution in [1.29, 1.82) is 0 Å². The number of carbonyl (C=O) groups is 1. The molecule has 0 unspecified atom stereocenters. The molecule has 2 heterocycles. The summed E-state index contributed by atoms with van der Waals surface area (Å²) in [6.07, 6.45) is 0.